The van der Waals surface area contributed by atoms with E-state index in [4.69, 9.17) is 5.73 Å². The highest BCUT2D eigenvalue weighted by Crippen LogP contribution is 2.29. The standard InChI is InChI=1S/C22H24N2O2S/c1-6-15-17(11-25)22(23)24(19-13(4)7-8-18(26)14(19)5)20(15)21-16(12(2)3)9-10-27-21/h6-11,26H,23H2,1-5H3/b15-6?,21-20-. The Morgan fingerprint density at radius 1 is 1.22 bits per heavy atom. The first-order valence-corrected chi connectivity index (χ1v) is 9.68. The van der Waals surface area contributed by atoms with Crippen molar-refractivity contribution in [1.29, 1.82) is 0 Å². The lowest BCUT2D eigenvalue weighted by atomic mass is 10.1. The van der Waals surface area contributed by atoms with Crippen LogP contribution in [-0.4, -0.2) is 16.0 Å². The molecule has 0 radical (unpaired) electrons. The van der Waals surface area contributed by atoms with Crippen molar-refractivity contribution in [3.8, 4) is 11.4 Å². The lowest BCUT2D eigenvalue weighted by Gasteiger charge is -2.15. The highest BCUT2D eigenvalue weighted by Gasteiger charge is 2.18. The van der Waals surface area contributed by atoms with Crippen LogP contribution in [-0.2, 0) is 0 Å². The van der Waals surface area contributed by atoms with Crippen molar-refractivity contribution < 1.29 is 9.90 Å². The smallest absolute Gasteiger partial charge is 0.154 e. The molecule has 0 saturated carbocycles. The van der Waals surface area contributed by atoms with Gasteiger partial charge in [0.15, 0.2) is 6.29 Å². The molecule has 0 saturated heterocycles. The molecule has 0 spiro atoms. The Labute approximate surface area is 162 Å². The summed E-state index contributed by atoms with van der Waals surface area (Å²) in [5, 5.41) is 15.2. The van der Waals surface area contributed by atoms with Gasteiger partial charge in [-0.25, -0.2) is 0 Å². The lowest BCUT2D eigenvalue weighted by molar-refractivity contribution is 0.112. The Kier molecular flexibility index (Phi) is 4.98. The SMILES string of the molecule is CC=c1c(C=O)c(N)n(-c2c(C)ccc(O)c2C)/c1=c1\sccc1=C(C)C. The largest absolute Gasteiger partial charge is 0.508 e. The van der Waals surface area contributed by atoms with E-state index in [9.17, 15) is 9.90 Å². The summed E-state index contributed by atoms with van der Waals surface area (Å²) in [7, 11) is 0. The summed E-state index contributed by atoms with van der Waals surface area (Å²) in [6, 6.07) is 5.63. The van der Waals surface area contributed by atoms with Gasteiger partial charge >= 0.3 is 0 Å². The number of carbonyl (C=O) groups excluding carboxylic acids is 1. The summed E-state index contributed by atoms with van der Waals surface area (Å²) in [4.78, 5) is 11.9. The Morgan fingerprint density at radius 3 is 2.52 bits per heavy atom. The van der Waals surface area contributed by atoms with Gasteiger partial charge in [0.25, 0.3) is 0 Å². The van der Waals surface area contributed by atoms with Crippen LogP contribution in [0.4, 0.5) is 5.82 Å². The third-order valence-electron chi connectivity index (χ3n) is 4.94. The molecule has 4 nitrogen and oxygen atoms in total. The Bertz CT molecular complexity index is 1260. The third-order valence-corrected chi connectivity index (χ3v) is 5.86. The number of nitrogens with two attached hydrogens (primary N) is 1. The molecule has 0 aliphatic rings. The number of benzene rings is 1. The van der Waals surface area contributed by atoms with E-state index < -0.39 is 0 Å². The van der Waals surface area contributed by atoms with Crippen molar-refractivity contribution in [3.63, 3.8) is 0 Å². The maximum absolute atomic E-state index is 11.9. The number of hydrogen-bond donors (Lipinski definition) is 2. The molecular weight excluding hydrogens is 356 g/mol. The first-order valence-electron chi connectivity index (χ1n) is 8.80. The van der Waals surface area contributed by atoms with Crippen LogP contribution in [0.5, 0.6) is 5.75 Å². The van der Waals surface area contributed by atoms with E-state index in [1.165, 1.54) is 5.57 Å². The molecule has 5 heteroatoms. The zero-order valence-electron chi connectivity index (χ0n) is 16.3. The summed E-state index contributed by atoms with van der Waals surface area (Å²) >= 11 is 1.62. The average Bonchev–Trinajstić information content (AvgIpc) is 3.21. The molecule has 0 aliphatic carbocycles. The predicted octanol–water partition coefficient (Wildman–Crippen LogP) is 3.53. The number of nitrogen functional groups attached to an aromatic ring is 1. The first kappa shape index (κ1) is 19.0. The molecule has 0 bridgehead atoms. The van der Waals surface area contributed by atoms with E-state index in [1.54, 1.807) is 17.4 Å². The van der Waals surface area contributed by atoms with Crippen LogP contribution in [0.1, 0.15) is 42.3 Å². The summed E-state index contributed by atoms with van der Waals surface area (Å²) in [5.74, 6) is 0.590. The van der Waals surface area contributed by atoms with Crippen LogP contribution in [0.3, 0.4) is 0 Å². The zero-order valence-corrected chi connectivity index (χ0v) is 17.1. The topological polar surface area (TPSA) is 68.2 Å². The zero-order chi connectivity index (χ0) is 19.9. The first-order chi connectivity index (χ1) is 12.8. The van der Waals surface area contributed by atoms with Gasteiger partial charge in [0.2, 0.25) is 0 Å². The molecule has 3 N–H and O–H groups in total. The molecule has 0 atom stereocenters. The maximum atomic E-state index is 11.9. The fourth-order valence-electron chi connectivity index (χ4n) is 3.55. The fraction of sp³-hybridized carbons (Fsp3) is 0.227. The number of carbonyl (C=O) groups is 1. The van der Waals surface area contributed by atoms with Crippen LogP contribution >= 0.6 is 11.3 Å². The van der Waals surface area contributed by atoms with Gasteiger partial charge in [-0.2, -0.15) is 0 Å². The summed E-state index contributed by atoms with van der Waals surface area (Å²) in [6.45, 7) is 9.90. The minimum absolute atomic E-state index is 0.203. The summed E-state index contributed by atoms with van der Waals surface area (Å²) in [5.41, 5.74) is 10.7. The Morgan fingerprint density at radius 2 is 1.93 bits per heavy atom. The number of hydrogen-bond acceptors (Lipinski definition) is 4. The predicted molar refractivity (Wildman–Crippen MR) is 113 cm³/mol. The number of nitrogens with zero attached hydrogens (tertiary/aromatic N) is 1. The number of aldehydes is 1. The molecule has 3 rings (SSSR count). The van der Waals surface area contributed by atoms with Crippen molar-refractivity contribution in [3.05, 3.63) is 60.6 Å². The highest BCUT2D eigenvalue weighted by atomic mass is 32.1. The van der Waals surface area contributed by atoms with Gasteiger partial charge in [0.1, 0.15) is 11.6 Å². The molecule has 2 heterocycles. The second kappa shape index (κ2) is 7.08. The molecule has 2 aromatic heterocycles. The molecule has 0 fully saturated rings. The summed E-state index contributed by atoms with van der Waals surface area (Å²) < 4.78 is 2.98. The van der Waals surface area contributed by atoms with Gasteiger partial charge < -0.3 is 10.8 Å². The molecule has 140 valence electrons. The normalized spacial score (nSPS) is 13.1. The third kappa shape index (κ3) is 2.88. The maximum Gasteiger partial charge on any atom is 0.154 e. The van der Waals surface area contributed by atoms with Gasteiger partial charge in [-0.3, -0.25) is 9.36 Å². The highest BCUT2D eigenvalue weighted by molar-refractivity contribution is 7.08. The average molecular weight is 381 g/mol. The Hall–Kier alpha value is -2.79. The molecule has 0 aliphatic heterocycles. The minimum atomic E-state index is 0.203. The van der Waals surface area contributed by atoms with Crippen LogP contribution in [0.2, 0.25) is 0 Å². The van der Waals surface area contributed by atoms with E-state index in [1.807, 2.05) is 42.9 Å². The Balaban J connectivity index is 2.80. The van der Waals surface area contributed by atoms with E-state index in [0.717, 1.165) is 43.4 Å². The second-order valence-electron chi connectivity index (χ2n) is 6.84. The van der Waals surface area contributed by atoms with Gasteiger partial charge in [-0.1, -0.05) is 17.7 Å². The fourth-order valence-corrected chi connectivity index (χ4v) is 4.61. The van der Waals surface area contributed by atoms with Gasteiger partial charge in [0, 0.05) is 10.8 Å². The van der Waals surface area contributed by atoms with Crippen molar-refractivity contribution >= 4 is 35.1 Å². The molecule has 0 amide bonds. The van der Waals surface area contributed by atoms with Crippen molar-refractivity contribution in [1.82, 2.24) is 4.57 Å². The van der Waals surface area contributed by atoms with Crippen LogP contribution in [0.25, 0.3) is 17.3 Å². The summed E-state index contributed by atoms with van der Waals surface area (Å²) in [6.07, 6.45) is 2.74. The van der Waals surface area contributed by atoms with Gasteiger partial charge in [-0.15, -0.1) is 11.3 Å². The van der Waals surface area contributed by atoms with Crippen LogP contribution in [0.15, 0.2) is 23.6 Å². The molecular formula is C22H24N2O2S. The van der Waals surface area contributed by atoms with Crippen molar-refractivity contribution in [2.45, 2.75) is 34.6 Å². The number of thiophene rings is 1. The number of aromatic nitrogens is 1. The molecule has 1 aromatic carbocycles. The molecule has 3 aromatic rings. The van der Waals surface area contributed by atoms with E-state index in [-0.39, 0.29) is 5.75 Å². The van der Waals surface area contributed by atoms with Gasteiger partial charge in [0.05, 0.1) is 21.1 Å². The number of phenolic OH excluding ortho intramolecular Hbond substituents is 1. The number of aromatic hydroxyl groups is 1. The van der Waals surface area contributed by atoms with E-state index in [2.05, 4.69) is 19.9 Å². The number of anilines is 1. The minimum Gasteiger partial charge on any atom is -0.508 e. The monoisotopic (exact) mass is 380 g/mol. The van der Waals surface area contributed by atoms with Crippen molar-refractivity contribution in [2.75, 3.05) is 5.73 Å². The molecule has 27 heavy (non-hydrogen) atoms. The second-order valence-corrected chi connectivity index (χ2v) is 7.76. The number of phenols is 1. The van der Waals surface area contributed by atoms with Gasteiger partial charge in [-0.05, 0) is 62.9 Å². The van der Waals surface area contributed by atoms with Crippen LogP contribution in [0, 0.1) is 23.7 Å². The lowest BCUT2D eigenvalue weighted by Crippen LogP contribution is -2.12. The van der Waals surface area contributed by atoms with Crippen LogP contribution < -0.4 is 16.2 Å². The molecule has 0 unspecified atom stereocenters. The quantitative estimate of drug-likeness (QED) is 0.668. The number of aryl methyl sites for hydroxylation is 1. The van der Waals surface area contributed by atoms with E-state index in [0.29, 0.717) is 11.4 Å². The van der Waals surface area contributed by atoms with Crippen molar-refractivity contribution in [2.24, 2.45) is 0 Å². The van der Waals surface area contributed by atoms with E-state index >= 15 is 0 Å². The number of rotatable bonds is 2.